The lowest BCUT2D eigenvalue weighted by Crippen LogP contribution is -2.13. The van der Waals surface area contributed by atoms with Gasteiger partial charge in [-0.25, -0.2) is 0 Å². The van der Waals surface area contributed by atoms with Crippen LogP contribution >= 0.6 is 23.1 Å². The first kappa shape index (κ1) is 24.7. The third-order valence-electron chi connectivity index (χ3n) is 4.46. The zero-order valence-corrected chi connectivity index (χ0v) is 19.2. The molecule has 0 bridgehead atoms. The van der Waals surface area contributed by atoms with Gasteiger partial charge in [-0.15, -0.1) is 10.2 Å². The Labute approximate surface area is 197 Å². The Morgan fingerprint density at radius 1 is 1.06 bits per heavy atom. The highest BCUT2D eigenvalue weighted by molar-refractivity contribution is 8.01. The van der Waals surface area contributed by atoms with Gasteiger partial charge in [-0.1, -0.05) is 54.6 Å². The number of aryl methyl sites for hydroxylation is 1. The summed E-state index contributed by atoms with van der Waals surface area (Å²) in [6.07, 6.45) is -1.30. The second-order valence-corrected chi connectivity index (χ2v) is 9.24. The standard InChI is InChI=1S/C22H21F3N4O2S2/c1-2-3-5-14-8-10-17(11-9-14)26-18(30)13-32-21-29-28-20(33-21)27-19(31)15-6-4-7-16(12-15)22(23,24)25/h4,6-12H,2-3,5,13H2,1H3,(H,26,30)(H,27,28,31). The normalized spacial score (nSPS) is 11.3. The Balaban J connectivity index is 1.49. The van der Waals surface area contributed by atoms with Gasteiger partial charge >= 0.3 is 6.18 Å². The average Bonchev–Trinajstić information content (AvgIpc) is 3.24. The third-order valence-corrected chi connectivity index (χ3v) is 6.43. The molecule has 1 heterocycles. The highest BCUT2D eigenvalue weighted by Crippen LogP contribution is 2.30. The number of halogens is 3. The summed E-state index contributed by atoms with van der Waals surface area (Å²) in [5, 5.41) is 13.1. The summed E-state index contributed by atoms with van der Waals surface area (Å²) in [5.41, 5.74) is 0.865. The van der Waals surface area contributed by atoms with Crippen LogP contribution in [-0.2, 0) is 17.4 Å². The van der Waals surface area contributed by atoms with Gasteiger partial charge in [0.1, 0.15) is 0 Å². The third kappa shape index (κ3) is 7.57. The van der Waals surface area contributed by atoms with Crippen LogP contribution in [0.2, 0.25) is 0 Å². The molecule has 2 N–H and O–H groups in total. The molecule has 0 aliphatic rings. The molecule has 11 heteroatoms. The SMILES string of the molecule is CCCCc1ccc(NC(=O)CSc2nnc(NC(=O)c3cccc(C(F)(F)F)c3)s2)cc1. The lowest BCUT2D eigenvalue weighted by molar-refractivity contribution is -0.137. The number of hydrogen-bond donors (Lipinski definition) is 2. The molecule has 0 aliphatic heterocycles. The van der Waals surface area contributed by atoms with Crippen molar-refractivity contribution >= 4 is 45.7 Å². The highest BCUT2D eigenvalue weighted by Gasteiger charge is 2.31. The summed E-state index contributed by atoms with van der Waals surface area (Å²) >= 11 is 2.17. The van der Waals surface area contributed by atoms with E-state index in [9.17, 15) is 22.8 Å². The van der Waals surface area contributed by atoms with E-state index in [-0.39, 0.29) is 22.4 Å². The molecule has 2 amide bonds. The van der Waals surface area contributed by atoms with Crippen molar-refractivity contribution in [3.63, 3.8) is 0 Å². The Morgan fingerprint density at radius 2 is 1.82 bits per heavy atom. The number of aromatic nitrogens is 2. The van der Waals surface area contributed by atoms with Crippen LogP contribution in [0.15, 0.2) is 52.9 Å². The largest absolute Gasteiger partial charge is 0.416 e. The maximum absolute atomic E-state index is 12.8. The predicted octanol–water partition coefficient (Wildman–Crippen LogP) is 5.88. The van der Waals surface area contributed by atoms with Gasteiger partial charge in [0.2, 0.25) is 11.0 Å². The number of carbonyl (C=O) groups excluding carboxylic acids is 2. The van der Waals surface area contributed by atoms with Crippen molar-refractivity contribution in [1.82, 2.24) is 10.2 Å². The maximum atomic E-state index is 12.8. The van der Waals surface area contributed by atoms with Crippen LogP contribution in [0, 0.1) is 0 Å². The molecule has 0 fully saturated rings. The highest BCUT2D eigenvalue weighted by atomic mass is 32.2. The number of benzene rings is 2. The molecule has 6 nitrogen and oxygen atoms in total. The Morgan fingerprint density at radius 3 is 2.52 bits per heavy atom. The van der Waals surface area contributed by atoms with E-state index >= 15 is 0 Å². The van der Waals surface area contributed by atoms with Crippen molar-refractivity contribution in [2.45, 2.75) is 36.7 Å². The van der Waals surface area contributed by atoms with Crippen molar-refractivity contribution in [3.05, 3.63) is 65.2 Å². The second-order valence-electron chi connectivity index (χ2n) is 7.04. The summed E-state index contributed by atoms with van der Waals surface area (Å²) in [7, 11) is 0. The number of thioether (sulfide) groups is 1. The molecule has 174 valence electrons. The van der Waals surface area contributed by atoms with Crippen molar-refractivity contribution in [1.29, 1.82) is 0 Å². The second kappa shape index (κ2) is 11.3. The molecule has 0 spiro atoms. The fourth-order valence-corrected chi connectivity index (χ4v) is 4.33. The van der Waals surface area contributed by atoms with E-state index in [1.807, 2.05) is 24.3 Å². The summed E-state index contributed by atoms with van der Waals surface area (Å²) in [6, 6.07) is 11.8. The summed E-state index contributed by atoms with van der Waals surface area (Å²) in [5.74, 6) is -0.853. The van der Waals surface area contributed by atoms with Crippen LogP contribution in [-0.4, -0.2) is 27.8 Å². The minimum Gasteiger partial charge on any atom is -0.325 e. The molecule has 2 aromatic carbocycles. The summed E-state index contributed by atoms with van der Waals surface area (Å²) < 4.78 is 38.9. The topological polar surface area (TPSA) is 84.0 Å². The van der Waals surface area contributed by atoms with E-state index in [1.165, 1.54) is 11.6 Å². The Kier molecular flexibility index (Phi) is 8.45. The van der Waals surface area contributed by atoms with Crippen LogP contribution in [0.25, 0.3) is 0 Å². The number of hydrogen-bond acceptors (Lipinski definition) is 6. The van der Waals surface area contributed by atoms with Crippen LogP contribution < -0.4 is 10.6 Å². The smallest absolute Gasteiger partial charge is 0.325 e. The summed E-state index contributed by atoms with van der Waals surface area (Å²) in [6.45, 7) is 2.14. The Bertz CT molecular complexity index is 1100. The van der Waals surface area contributed by atoms with Gasteiger partial charge in [-0.2, -0.15) is 13.2 Å². The minimum atomic E-state index is -4.54. The van der Waals surface area contributed by atoms with Crippen LogP contribution in [0.5, 0.6) is 0 Å². The molecular formula is C22H21F3N4O2S2. The van der Waals surface area contributed by atoms with E-state index < -0.39 is 17.6 Å². The molecule has 0 atom stereocenters. The monoisotopic (exact) mass is 494 g/mol. The van der Waals surface area contributed by atoms with Crippen LogP contribution in [0.1, 0.15) is 41.3 Å². The number of alkyl halides is 3. The van der Waals surface area contributed by atoms with Gasteiger partial charge in [0.25, 0.3) is 5.91 Å². The lowest BCUT2D eigenvalue weighted by Gasteiger charge is -2.08. The zero-order valence-electron chi connectivity index (χ0n) is 17.6. The van der Waals surface area contributed by atoms with Gasteiger partial charge in [0.15, 0.2) is 4.34 Å². The lowest BCUT2D eigenvalue weighted by atomic mass is 10.1. The molecule has 3 aromatic rings. The fourth-order valence-electron chi connectivity index (χ4n) is 2.78. The van der Waals surface area contributed by atoms with Crippen LogP contribution in [0.4, 0.5) is 24.0 Å². The molecule has 33 heavy (non-hydrogen) atoms. The number of amides is 2. The molecule has 0 radical (unpaired) electrons. The summed E-state index contributed by atoms with van der Waals surface area (Å²) in [4.78, 5) is 24.4. The Hall–Kier alpha value is -2.92. The van der Waals surface area contributed by atoms with Gasteiger partial charge in [0, 0.05) is 11.3 Å². The number of unbranched alkanes of at least 4 members (excludes halogenated alkanes) is 1. The molecule has 0 saturated carbocycles. The van der Waals surface area contributed by atoms with E-state index in [0.717, 1.165) is 60.6 Å². The number of anilines is 2. The van der Waals surface area contributed by atoms with Crippen molar-refractivity contribution in [3.8, 4) is 0 Å². The van der Waals surface area contributed by atoms with Gasteiger partial charge < -0.3 is 5.32 Å². The van der Waals surface area contributed by atoms with Gasteiger partial charge in [-0.3, -0.25) is 14.9 Å². The average molecular weight is 495 g/mol. The first-order chi connectivity index (χ1) is 15.7. The van der Waals surface area contributed by atoms with Gasteiger partial charge in [0.05, 0.1) is 11.3 Å². The number of nitrogens with one attached hydrogen (secondary N) is 2. The van der Waals surface area contributed by atoms with Crippen molar-refractivity contribution < 1.29 is 22.8 Å². The van der Waals surface area contributed by atoms with Crippen LogP contribution in [0.3, 0.4) is 0 Å². The fraction of sp³-hybridized carbons (Fsp3) is 0.273. The number of nitrogens with zero attached hydrogens (tertiary/aromatic N) is 2. The first-order valence-corrected chi connectivity index (χ1v) is 11.9. The molecule has 0 unspecified atom stereocenters. The van der Waals surface area contributed by atoms with Crippen molar-refractivity contribution in [2.24, 2.45) is 0 Å². The maximum Gasteiger partial charge on any atom is 0.416 e. The van der Waals surface area contributed by atoms with Crippen molar-refractivity contribution in [2.75, 3.05) is 16.4 Å². The van der Waals surface area contributed by atoms with Gasteiger partial charge in [-0.05, 0) is 48.7 Å². The molecule has 0 saturated heterocycles. The predicted molar refractivity (Wildman–Crippen MR) is 124 cm³/mol. The zero-order chi connectivity index (χ0) is 23.8. The first-order valence-electron chi connectivity index (χ1n) is 10.1. The molecular weight excluding hydrogens is 473 g/mol. The minimum absolute atomic E-state index is 0.0911. The number of rotatable bonds is 9. The van der Waals surface area contributed by atoms with E-state index in [1.54, 1.807) is 0 Å². The molecule has 0 aliphatic carbocycles. The molecule has 3 rings (SSSR count). The number of carbonyl (C=O) groups is 2. The van der Waals surface area contributed by atoms with E-state index in [0.29, 0.717) is 10.0 Å². The van der Waals surface area contributed by atoms with E-state index in [2.05, 4.69) is 27.8 Å². The quantitative estimate of drug-likeness (QED) is 0.287. The van der Waals surface area contributed by atoms with E-state index in [4.69, 9.17) is 0 Å². The molecule has 1 aromatic heterocycles.